The van der Waals surface area contributed by atoms with Crippen LogP contribution < -0.4 is 43.8 Å². The van der Waals surface area contributed by atoms with E-state index in [4.69, 9.17) is 17.2 Å². The molecule has 22 heteroatoms. The Balaban J connectivity index is 1.61. The van der Waals surface area contributed by atoms with Crippen molar-refractivity contribution in [3.8, 4) is 0 Å². The van der Waals surface area contributed by atoms with Gasteiger partial charge in [-0.15, -0.1) is 0 Å². The number of nitrogens with zero attached hydrogens (tertiary/aromatic N) is 2. The van der Waals surface area contributed by atoms with Crippen LogP contribution in [-0.4, -0.2) is 130 Å². The Morgan fingerprint density at radius 1 is 0.877 bits per heavy atom. The average Bonchev–Trinajstić information content (AvgIpc) is 3.82. The molecule has 0 saturated carbocycles. The van der Waals surface area contributed by atoms with E-state index < -0.39 is 90.5 Å². The lowest BCUT2D eigenvalue weighted by Gasteiger charge is -2.30. The minimum absolute atomic E-state index is 0.0195. The van der Waals surface area contributed by atoms with E-state index in [0.29, 0.717) is 24.8 Å². The van der Waals surface area contributed by atoms with Gasteiger partial charge < -0.3 is 58.8 Å². The fourth-order valence-corrected chi connectivity index (χ4v) is 8.56. The number of carboxylic acid groups (broad SMARTS) is 1. The molecule has 0 bridgehead atoms. The van der Waals surface area contributed by atoms with Crippen molar-refractivity contribution in [3.05, 3.63) is 36.0 Å². The molecule has 7 amide bonds. The van der Waals surface area contributed by atoms with Gasteiger partial charge in [0.05, 0.1) is 13.0 Å². The molecule has 2 saturated heterocycles. The smallest absolute Gasteiger partial charge is 0.305 e. The third kappa shape index (κ3) is 13.6. The van der Waals surface area contributed by atoms with Crippen molar-refractivity contribution in [2.24, 2.45) is 22.2 Å². The van der Waals surface area contributed by atoms with Crippen molar-refractivity contribution < 1.29 is 43.5 Å². The van der Waals surface area contributed by atoms with Gasteiger partial charge in [0.2, 0.25) is 41.4 Å². The third-order valence-electron chi connectivity index (χ3n) is 9.24. The molecule has 2 aliphatic rings. The van der Waals surface area contributed by atoms with Crippen LogP contribution in [-0.2, 0) is 44.8 Å². The first-order valence-electron chi connectivity index (χ1n) is 18.4. The molecule has 13 N–H and O–H groups in total. The Hall–Kier alpha value is -5.51. The van der Waals surface area contributed by atoms with Gasteiger partial charge in [0.25, 0.3) is 0 Å². The molecule has 4 rings (SSSR count). The number of hydrogen-bond donors (Lipinski definition) is 10. The highest BCUT2D eigenvalue weighted by molar-refractivity contribution is 8.76. The summed E-state index contributed by atoms with van der Waals surface area (Å²) < 4.78 is 0. The Labute approximate surface area is 335 Å². The molecule has 0 radical (unpaired) electrons. The standard InChI is InChI=1S/C35H49N11O9S2/c36-30(51)25-18-57-56-13-10-27(47)42-22(8-3-4-11-39-35(37)38)31(52)41-17-28(48)43-23(15-29(49)50)32(53)44-24(14-19-16-40-21-7-2-1-6-20(19)21)34(55)46-12-5-9-26(46)33(54)45-25/h1-2,6-7,16,22-26,40H,3-5,8-15,17-18H2,(H2,36,51)(H,41,52)(H,42,47)(H,43,48)(H,44,53)(H,45,54)(H,49,50)(H4,37,38,39)/t22-,23-,24+,25-,26-/m1/s1. The number of nitrogens with two attached hydrogens (primary N) is 3. The van der Waals surface area contributed by atoms with Gasteiger partial charge in [-0.2, -0.15) is 0 Å². The second-order valence-corrected chi connectivity index (χ2v) is 16.1. The lowest BCUT2D eigenvalue weighted by Crippen LogP contribution is -2.59. The summed E-state index contributed by atoms with van der Waals surface area (Å²) in [5, 5.41) is 23.1. The zero-order valence-electron chi connectivity index (χ0n) is 31.1. The number of hydrogen-bond acceptors (Lipinski definition) is 11. The molecule has 2 aliphatic heterocycles. The summed E-state index contributed by atoms with van der Waals surface area (Å²) in [6.45, 7) is -0.233. The van der Waals surface area contributed by atoms with Crippen molar-refractivity contribution in [1.29, 1.82) is 0 Å². The van der Waals surface area contributed by atoms with E-state index in [1.54, 1.807) is 12.3 Å². The number of aliphatic imine (C=N–C) groups is 1. The molecule has 0 aliphatic carbocycles. The van der Waals surface area contributed by atoms with Crippen LogP contribution in [0.3, 0.4) is 0 Å². The maximum absolute atomic E-state index is 14.3. The van der Waals surface area contributed by atoms with Crippen molar-refractivity contribution in [1.82, 2.24) is 36.5 Å². The molecule has 3 heterocycles. The van der Waals surface area contributed by atoms with Crippen LogP contribution in [0.5, 0.6) is 0 Å². The quantitative estimate of drug-likeness (QED) is 0.0534. The Morgan fingerprint density at radius 2 is 1.63 bits per heavy atom. The number of aliphatic carboxylic acids is 1. The molecular formula is C35H49N11O9S2. The van der Waals surface area contributed by atoms with Gasteiger partial charge in [-0.05, 0) is 43.7 Å². The van der Waals surface area contributed by atoms with Crippen molar-refractivity contribution in [2.75, 3.05) is 31.1 Å². The number of aromatic amines is 1. The second-order valence-electron chi connectivity index (χ2n) is 13.5. The predicted molar refractivity (Wildman–Crippen MR) is 213 cm³/mol. The Kier molecular flexibility index (Phi) is 16.8. The van der Waals surface area contributed by atoms with Crippen molar-refractivity contribution in [3.63, 3.8) is 0 Å². The van der Waals surface area contributed by atoms with Crippen LogP contribution in [0.15, 0.2) is 35.5 Å². The summed E-state index contributed by atoms with van der Waals surface area (Å²) in [5.74, 6) is -6.35. The normalized spacial score (nSPS) is 23.6. The van der Waals surface area contributed by atoms with E-state index in [9.17, 15) is 43.5 Å². The highest BCUT2D eigenvalue weighted by atomic mass is 33.1. The van der Waals surface area contributed by atoms with Gasteiger partial charge in [0.1, 0.15) is 30.2 Å². The first-order chi connectivity index (χ1) is 27.2. The second kappa shape index (κ2) is 21.7. The minimum Gasteiger partial charge on any atom is -0.481 e. The number of fused-ring (bicyclic) bond motifs is 2. The van der Waals surface area contributed by atoms with E-state index in [2.05, 4.69) is 36.6 Å². The average molecular weight is 832 g/mol. The number of guanidine groups is 1. The maximum Gasteiger partial charge on any atom is 0.305 e. The first-order valence-corrected chi connectivity index (χ1v) is 20.9. The van der Waals surface area contributed by atoms with Gasteiger partial charge in [0.15, 0.2) is 5.96 Å². The SMILES string of the molecule is NC(=O)[C@H]1CSSCCC(=O)N[C@H](CCCCN=C(N)N)C(=O)NCC(=O)N[C@H](CC(=O)O)C(=O)N[C@@H](Cc2c[nH]c3ccccc23)C(=O)N2CCC[C@@H]2C(=O)N1. The van der Waals surface area contributed by atoms with Gasteiger partial charge in [-0.1, -0.05) is 39.8 Å². The van der Waals surface area contributed by atoms with Gasteiger partial charge in [-0.25, -0.2) is 0 Å². The first kappa shape index (κ1) is 44.2. The maximum atomic E-state index is 14.3. The largest absolute Gasteiger partial charge is 0.481 e. The topological polar surface area (TPSA) is 326 Å². The van der Waals surface area contributed by atoms with Crippen molar-refractivity contribution >= 4 is 85.8 Å². The number of nitrogens with one attached hydrogen (secondary N) is 6. The summed E-state index contributed by atoms with van der Waals surface area (Å²) in [6, 6.07) is 1.07. The van der Waals surface area contributed by atoms with Crippen molar-refractivity contribution in [2.45, 2.75) is 81.6 Å². The number of unbranched alkanes of at least 4 members (excludes halogenated alkanes) is 1. The third-order valence-corrected chi connectivity index (χ3v) is 11.7. The van der Waals surface area contributed by atoms with E-state index in [1.165, 1.54) is 26.5 Å². The minimum atomic E-state index is -1.68. The summed E-state index contributed by atoms with van der Waals surface area (Å²) in [5.41, 5.74) is 17.8. The highest BCUT2D eigenvalue weighted by Gasteiger charge is 2.40. The molecule has 20 nitrogen and oxygen atoms in total. The van der Waals surface area contributed by atoms with E-state index in [1.807, 2.05) is 18.2 Å². The molecular weight excluding hydrogens is 783 g/mol. The summed E-state index contributed by atoms with van der Waals surface area (Å²) in [6.07, 6.45) is 2.48. The predicted octanol–water partition coefficient (Wildman–Crippen LogP) is -2.05. The lowest BCUT2D eigenvalue weighted by molar-refractivity contribution is -0.143. The van der Waals surface area contributed by atoms with E-state index in [0.717, 1.165) is 10.9 Å². The number of rotatable bonds is 10. The molecule has 1 aromatic heterocycles. The molecule has 2 aromatic rings. The zero-order valence-corrected chi connectivity index (χ0v) is 32.8. The number of carboxylic acids is 1. The number of aromatic nitrogens is 1. The Morgan fingerprint density at radius 3 is 2.37 bits per heavy atom. The zero-order chi connectivity index (χ0) is 41.5. The number of benzene rings is 1. The fourth-order valence-electron chi connectivity index (χ4n) is 6.39. The summed E-state index contributed by atoms with van der Waals surface area (Å²) in [7, 11) is 2.45. The van der Waals surface area contributed by atoms with Crippen LogP contribution in [0.1, 0.15) is 50.5 Å². The number of carbonyl (C=O) groups is 8. The number of para-hydroxylation sites is 1. The lowest BCUT2D eigenvalue weighted by atomic mass is 10.0. The van der Waals surface area contributed by atoms with E-state index >= 15 is 0 Å². The molecule has 0 spiro atoms. The van der Waals surface area contributed by atoms with Gasteiger partial charge in [-0.3, -0.25) is 43.3 Å². The molecule has 2 fully saturated rings. The number of H-pyrrole nitrogens is 1. The van der Waals surface area contributed by atoms with Gasteiger partial charge >= 0.3 is 5.97 Å². The molecule has 310 valence electrons. The summed E-state index contributed by atoms with van der Waals surface area (Å²) in [4.78, 5) is 114. The van der Waals surface area contributed by atoms with Crippen LogP contribution in [0.4, 0.5) is 0 Å². The summed E-state index contributed by atoms with van der Waals surface area (Å²) >= 11 is 0. The van der Waals surface area contributed by atoms with Crippen LogP contribution in [0, 0.1) is 0 Å². The monoisotopic (exact) mass is 831 g/mol. The Bertz CT molecular complexity index is 1840. The molecule has 5 atom stereocenters. The fraction of sp³-hybridized carbons (Fsp3) is 0.514. The number of carbonyl (C=O) groups excluding carboxylic acids is 7. The highest BCUT2D eigenvalue weighted by Crippen LogP contribution is 2.25. The number of primary amides is 1. The van der Waals surface area contributed by atoms with E-state index in [-0.39, 0.29) is 56.2 Å². The van der Waals surface area contributed by atoms with Gasteiger partial charge in [0, 0.05) is 54.5 Å². The van der Waals surface area contributed by atoms with Crippen LogP contribution >= 0.6 is 21.6 Å². The molecule has 0 unspecified atom stereocenters. The van der Waals surface area contributed by atoms with Crippen LogP contribution in [0.2, 0.25) is 0 Å². The number of amides is 7. The van der Waals surface area contributed by atoms with Crippen LogP contribution in [0.25, 0.3) is 10.9 Å². The molecule has 1 aromatic carbocycles. The molecule has 57 heavy (non-hydrogen) atoms.